The van der Waals surface area contributed by atoms with Gasteiger partial charge in [-0.2, -0.15) is 0 Å². The summed E-state index contributed by atoms with van der Waals surface area (Å²) >= 11 is 2.01. The molecule has 1 heterocycles. The van der Waals surface area contributed by atoms with Crippen molar-refractivity contribution in [1.82, 2.24) is 0 Å². The summed E-state index contributed by atoms with van der Waals surface area (Å²) in [6.45, 7) is 4.46. The molecule has 1 aromatic carbocycles. The summed E-state index contributed by atoms with van der Waals surface area (Å²) in [6, 6.07) is 4.70. The highest BCUT2D eigenvalue weighted by atomic mass is 32.2. The molecule has 12 heavy (non-hydrogen) atoms. The van der Waals surface area contributed by atoms with Gasteiger partial charge >= 0.3 is 0 Å². The monoisotopic (exact) mass is 178 g/mol. The van der Waals surface area contributed by atoms with Gasteiger partial charge in [-0.3, -0.25) is 0 Å². The number of aryl methyl sites for hydroxylation is 2. The smallest absolute Gasteiger partial charge is 0.0110 e. The first kappa shape index (κ1) is 8.18. The summed E-state index contributed by atoms with van der Waals surface area (Å²) in [7, 11) is 0. The van der Waals surface area contributed by atoms with Crippen molar-refractivity contribution in [2.45, 2.75) is 31.6 Å². The van der Waals surface area contributed by atoms with E-state index in [4.69, 9.17) is 0 Å². The molecule has 0 aromatic heterocycles. The van der Waals surface area contributed by atoms with Crippen LogP contribution in [-0.4, -0.2) is 5.75 Å². The summed E-state index contributed by atoms with van der Waals surface area (Å²) in [6.07, 6.45) is 2.44. The second-order valence-corrected chi connectivity index (χ2v) is 4.48. The first-order chi connectivity index (χ1) is 5.81. The van der Waals surface area contributed by atoms with Crippen LogP contribution in [0.15, 0.2) is 17.0 Å². The van der Waals surface area contributed by atoms with Gasteiger partial charge in [0.1, 0.15) is 0 Å². The van der Waals surface area contributed by atoms with Crippen LogP contribution in [0.4, 0.5) is 0 Å². The summed E-state index contributed by atoms with van der Waals surface area (Å²) in [4.78, 5) is 1.53. The van der Waals surface area contributed by atoms with Crippen LogP contribution in [0.5, 0.6) is 0 Å². The zero-order valence-corrected chi connectivity index (χ0v) is 8.50. The lowest BCUT2D eigenvalue weighted by atomic mass is 10.0. The topological polar surface area (TPSA) is 0 Å². The molecule has 0 amide bonds. The Morgan fingerprint density at radius 1 is 1.42 bits per heavy atom. The van der Waals surface area contributed by atoms with E-state index < -0.39 is 0 Å². The van der Waals surface area contributed by atoms with E-state index in [0.29, 0.717) is 0 Å². The Morgan fingerprint density at radius 3 is 3.00 bits per heavy atom. The highest BCUT2D eigenvalue weighted by Gasteiger charge is 2.13. The minimum Gasteiger partial charge on any atom is -0.126 e. The average molecular weight is 178 g/mol. The summed E-state index contributed by atoms with van der Waals surface area (Å²) in [5, 5.41) is 0. The maximum atomic E-state index is 2.36. The van der Waals surface area contributed by atoms with Crippen LogP contribution in [0, 0.1) is 6.92 Å². The number of hydrogen-bond acceptors (Lipinski definition) is 1. The Balaban J connectivity index is 2.51. The molecule has 0 nitrogen and oxygen atoms in total. The van der Waals surface area contributed by atoms with Crippen molar-refractivity contribution in [3.8, 4) is 0 Å². The third-order valence-corrected chi connectivity index (χ3v) is 3.59. The van der Waals surface area contributed by atoms with Crippen LogP contribution in [0.1, 0.15) is 23.6 Å². The van der Waals surface area contributed by atoms with Crippen molar-refractivity contribution in [3.05, 3.63) is 28.8 Å². The summed E-state index contributed by atoms with van der Waals surface area (Å²) < 4.78 is 0. The van der Waals surface area contributed by atoms with Crippen molar-refractivity contribution in [2.75, 3.05) is 5.75 Å². The van der Waals surface area contributed by atoms with Crippen LogP contribution in [-0.2, 0) is 12.8 Å². The molecule has 1 aliphatic heterocycles. The molecule has 0 saturated heterocycles. The molecule has 1 heteroatoms. The fraction of sp³-hybridized carbons (Fsp3) is 0.455. The minimum absolute atomic E-state index is 1.16. The molecule has 0 atom stereocenters. The second kappa shape index (κ2) is 3.14. The van der Waals surface area contributed by atoms with Crippen LogP contribution in [0.2, 0.25) is 0 Å². The van der Waals surface area contributed by atoms with Crippen molar-refractivity contribution in [2.24, 2.45) is 0 Å². The fourth-order valence-corrected chi connectivity index (χ4v) is 2.97. The van der Waals surface area contributed by atoms with Crippen LogP contribution >= 0.6 is 11.8 Å². The van der Waals surface area contributed by atoms with Crippen LogP contribution in [0.25, 0.3) is 0 Å². The Labute approximate surface area is 78.4 Å². The standard InChI is InChI=1S/C11H14S/c1-3-9-6-8(2)10-4-5-12-11(10)7-9/h6-7H,3-5H2,1-2H3. The number of fused-ring (bicyclic) bond motifs is 1. The normalized spacial score (nSPS) is 14.8. The predicted molar refractivity (Wildman–Crippen MR) is 55.0 cm³/mol. The van der Waals surface area contributed by atoms with Gasteiger partial charge in [0.2, 0.25) is 0 Å². The van der Waals surface area contributed by atoms with E-state index in [1.807, 2.05) is 11.8 Å². The molecule has 64 valence electrons. The average Bonchev–Trinajstić information content (AvgIpc) is 2.52. The van der Waals surface area contributed by atoms with Crippen molar-refractivity contribution < 1.29 is 0 Å². The number of hydrogen-bond donors (Lipinski definition) is 0. The zero-order chi connectivity index (χ0) is 8.55. The molecule has 0 fully saturated rings. The molecule has 0 N–H and O–H groups in total. The molecule has 0 unspecified atom stereocenters. The molecule has 0 spiro atoms. The first-order valence-electron chi connectivity index (χ1n) is 4.56. The summed E-state index contributed by atoms with van der Waals surface area (Å²) in [5.41, 5.74) is 4.58. The predicted octanol–water partition coefficient (Wildman–Crippen LogP) is 3.21. The quantitative estimate of drug-likeness (QED) is 0.636. The third-order valence-electron chi connectivity index (χ3n) is 2.51. The largest absolute Gasteiger partial charge is 0.126 e. The number of rotatable bonds is 1. The van der Waals surface area contributed by atoms with Crippen molar-refractivity contribution in [3.63, 3.8) is 0 Å². The van der Waals surface area contributed by atoms with E-state index in [1.54, 1.807) is 5.56 Å². The Bertz CT molecular complexity index is 302. The van der Waals surface area contributed by atoms with Crippen molar-refractivity contribution in [1.29, 1.82) is 0 Å². The third kappa shape index (κ3) is 1.27. The van der Waals surface area contributed by atoms with E-state index in [9.17, 15) is 0 Å². The van der Waals surface area contributed by atoms with E-state index in [-0.39, 0.29) is 0 Å². The van der Waals surface area contributed by atoms with Crippen LogP contribution in [0.3, 0.4) is 0 Å². The van der Waals surface area contributed by atoms with Gasteiger partial charge in [-0.1, -0.05) is 13.0 Å². The molecule has 0 radical (unpaired) electrons. The van der Waals surface area contributed by atoms with Gasteiger partial charge in [-0.05, 0) is 42.5 Å². The highest BCUT2D eigenvalue weighted by Crippen LogP contribution is 2.34. The number of benzene rings is 1. The molecule has 0 bridgehead atoms. The molecule has 0 saturated carbocycles. The van der Waals surface area contributed by atoms with Gasteiger partial charge < -0.3 is 0 Å². The van der Waals surface area contributed by atoms with E-state index in [1.165, 1.54) is 28.2 Å². The second-order valence-electron chi connectivity index (χ2n) is 3.34. The van der Waals surface area contributed by atoms with Crippen molar-refractivity contribution >= 4 is 11.8 Å². The van der Waals surface area contributed by atoms with Gasteiger partial charge in [-0.15, -0.1) is 11.8 Å². The first-order valence-corrected chi connectivity index (χ1v) is 5.55. The Hall–Kier alpha value is -0.430. The van der Waals surface area contributed by atoms with Gasteiger partial charge in [0.25, 0.3) is 0 Å². The van der Waals surface area contributed by atoms with Gasteiger partial charge in [0.05, 0.1) is 0 Å². The molecule has 0 aliphatic carbocycles. The molecular weight excluding hydrogens is 164 g/mol. The zero-order valence-electron chi connectivity index (χ0n) is 7.68. The van der Waals surface area contributed by atoms with E-state index in [0.717, 1.165) is 6.42 Å². The number of thioether (sulfide) groups is 1. The molecule has 1 aromatic rings. The van der Waals surface area contributed by atoms with E-state index >= 15 is 0 Å². The minimum atomic E-state index is 1.16. The maximum absolute atomic E-state index is 2.36. The lowest BCUT2D eigenvalue weighted by molar-refractivity contribution is 1.06. The SMILES string of the molecule is CCc1cc(C)c2c(c1)SCC2. The van der Waals surface area contributed by atoms with Crippen LogP contribution < -0.4 is 0 Å². The molecular formula is C11H14S. The van der Waals surface area contributed by atoms with Gasteiger partial charge in [0, 0.05) is 10.6 Å². The van der Waals surface area contributed by atoms with Gasteiger partial charge in [-0.25, -0.2) is 0 Å². The lowest BCUT2D eigenvalue weighted by Gasteiger charge is -2.05. The fourth-order valence-electron chi connectivity index (χ4n) is 1.77. The lowest BCUT2D eigenvalue weighted by Crippen LogP contribution is -1.89. The van der Waals surface area contributed by atoms with Gasteiger partial charge in [0.15, 0.2) is 0 Å². The Kier molecular flexibility index (Phi) is 2.14. The summed E-state index contributed by atoms with van der Waals surface area (Å²) in [5.74, 6) is 1.28. The highest BCUT2D eigenvalue weighted by molar-refractivity contribution is 7.99. The Morgan fingerprint density at radius 2 is 2.25 bits per heavy atom. The van der Waals surface area contributed by atoms with E-state index in [2.05, 4.69) is 26.0 Å². The molecule has 1 aliphatic rings. The maximum Gasteiger partial charge on any atom is 0.0110 e. The molecule has 2 rings (SSSR count).